The van der Waals surface area contributed by atoms with Crippen molar-refractivity contribution in [3.63, 3.8) is 0 Å². The standard InChI is InChI=1S/C10H22N/c1-5-6-7-8-9-10-11(2,3)4/h6-7H,5,8-10H2,1-4H3/q+1/b7-6-. The van der Waals surface area contributed by atoms with Gasteiger partial charge in [-0.25, -0.2) is 0 Å². The predicted molar refractivity (Wildman–Crippen MR) is 51.6 cm³/mol. The van der Waals surface area contributed by atoms with E-state index in [-0.39, 0.29) is 0 Å². The Labute approximate surface area is 71.3 Å². The minimum atomic E-state index is 1.08. The minimum Gasteiger partial charge on any atom is -0.331 e. The van der Waals surface area contributed by atoms with Crippen molar-refractivity contribution in [3.05, 3.63) is 12.2 Å². The molecule has 1 nitrogen and oxygen atoms in total. The number of unbranched alkanes of at least 4 members (excludes halogenated alkanes) is 1. The summed E-state index contributed by atoms with van der Waals surface area (Å²) in [5.74, 6) is 0. The number of nitrogens with zero attached hydrogens (tertiary/aromatic N) is 1. The summed E-state index contributed by atoms with van der Waals surface area (Å²) in [4.78, 5) is 0. The molecule has 0 saturated heterocycles. The van der Waals surface area contributed by atoms with Crippen LogP contribution in [0.5, 0.6) is 0 Å². The quantitative estimate of drug-likeness (QED) is 0.326. The smallest absolute Gasteiger partial charge is 0.0783 e. The molecule has 11 heavy (non-hydrogen) atoms. The molecule has 0 rings (SSSR count). The van der Waals surface area contributed by atoms with Crippen molar-refractivity contribution in [1.29, 1.82) is 0 Å². The number of rotatable bonds is 5. The lowest BCUT2D eigenvalue weighted by Crippen LogP contribution is -2.35. The first-order valence-corrected chi connectivity index (χ1v) is 4.51. The molecule has 0 spiro atoms. The van der Waals surface area contributed by atoms with Crippen LogP contribution in [0.3, 0.4) is 0 Å². The van der Waals surface area contributed by atoms with E-state index in [4.69, 9.17) is 0 Å². The third-order valence-electron chi connectivity index (χ3n) is 1.60. The third kappa shape index (κ3) is 9.70. The zero-order valence-corrected chi connectivity index (χ0v) is 8.43. The van der Waals surface area contributed by atoms with Crippen molar-refractivity contribution in [2.45, 2.75) is 26.2 Å². The Morgan fingerprint density at radius 1 is 1.09 bits per heavy atom. The van der Waals surface area contributed by atoms with Crippen LogP contribution in [0.15, 0.2) is 12.2 Å². The zero-order chi connectivity index (χ0) is 8.74. The van der Waals surface area contributed by atoms with Crippen LogP contribution in [0.1, 0.15) is 26.2 Å². The maximum atomic E-state index is 2.29. The molecule has 1 heteroatoms. The lowest BCUT2D eigenvalue weighted by molar-refractivity contribution is -0.870. The van der Waals surface area contributed by atoms with E-state index in [9.17, 15) is 0 Å². The van der Waals surface area contributed by atoms with Crippen LogP contribution in [-0.2, 0) is 0 Å². The Morgan fingerprint density at radius 2 is 1.73 bits per heavy atom. The summed E-state index contributed by atoms with van der Waals surface area (Å²) in [6, 6.07) is 0. The molecular weight excluding hydrogens is 134 g/mol. The van der Waals surface area contributed by atoms with Gasteiger partial charge in [-0.2, -0.15) is 0 Å². The molecule has 0 aromatic heterocycles. The zero-order valence-electron chi connectivity index (χ0n) is 8.43. The number of allylic oxidation sites excluding steroid dienone is 2. The lowest BCUT2D eigenvalue weighted by Gasteiger charge is -2.23. The average Bonchev–Trinajstić information content (AvgIpc) is 1.85. The Balaban J connectivity index is 3.21. The highest BCUT2D eigenvalue weighted by Crippen LogP contribution is 1.98. The maximum Gasteiger partial charge on any atom is 0.0783 e. The van der Waals surface area contributed by atoms with Gasteiger partial charge in [-0.05, 0) is 19.3 Å². The maximum absolute atomic E-state index is 2.29. The van der Waals surface area contributed by atoms with Crippen LogP contribution in [0.4, 0.5) is 0 Å². The van der Waals surface area contributed by atoms with E-state index in [1.165, 1.54) is 25.8 Å². The molecule has 0 saturated carbocycles. The molecule has 0 aromatic carbocycles. The van der Waals surface area contributed by atoms with Crippen LogP contribution in [-0.4, -0.2) is 32.2 Å². The molecule has 0 fully saturated rings. The molecule has 0 aliphatic carbocycles. The van der Waals surface area contributed by atoms with E-state index >= 15 is 0 Å². The second-order valence-corrected chi connectivity index (χ2v) is 4.04. The van der Waals surface area contributed by atoms with Crippen LogP contribution < -0.4 is 0 Å². The van der Waals surface area contributed by atoms with Gasteiger partial charge in [-0.3, -0.25) is 0 Å². The highest BCUT2D eigenvalue weighted by atomic mass is 15.3. The van der Waals surface area contributed by atoms with Gasteiger partial charge in [-0.15, -0.1) is 0 Å². The highest BCUT2D eigenvalue weighted by molar-refractivity contribution is 4.79. The molecule has 0 amide bonds. The fourth-order valence-corrected chi connectivity index (χ4v) is 0.968. The largest absolute Gasteiger partial charge is 0.331 e. The normalized spacial score (nSPS) is 12.7. The number of quaternary nitrogens is 1. The molecule has 0 bridgehead atoms. The van der Waals surface area contributed by atoms with Gasteiger partial charge in [-0.1, -0.05) is 19.1 Å². The molecule has 66 valence electrons. The van der Waals surface area contributed by atoms with Crippen LogP contribution in [0, 0.1) is 0 Å². The Morgan fingerprint density at radius 3 is 2.18 bits per heavy atom. The Hall–Kier alpha value is -0.300. The molecule has 0 N–H and O–H groups in total. The fourth-order valence-electron chi connectivity index (χ4n) is 0.968. The van der Waals surface area contributed by atoms with E-state index in [1.54, 1.807) is 0 Å². The summed E-state index contributed by atoms with van der Waals surface area (Å²) in [5, 5.41) is 0. The molecule has 0 radical (unpaired) electrons. The predicted octanol–water partition coefficient (Wildman–Crippen LogP) is 2.44. The monoisotopic (exact) mass is 156 g/mol. The molecule has 0 aromatic rings. The summed E-state index contributed by atoms with van der Waals surface area (Å²) >= 11 is 0. The molecule has 0 aliphatic heterocycles. The van der Waals surface area contributed by atoms with Gasteiger partial charge in [0.2, 0.25) is 0 Å². The van der Waals surface area contributed by atoms with E-state index < -0.39 is 0 Å². The SMILES string of the molecule is CC/C=C\CCC[N+](C)(C)C. The van der Waals surface area contributed by atoms with Crippen LogP contribution in [0.25, 0.3) is 0 Å². The summed E-state index contributed by atoms with van der Waals surface area (Å²) in [6.07, 6.45) is 8.25. The van der Waals surface area contributed by atoms with Gasteiger partial charge in [0.25, 0.3) is 0 Å². The van der Waals surface area contributed by atoms with E-state index in [2.05, 4.69) is 40.2 Å². The van der Waals surface area contributed by atoms with Crippen molar-refractivity contribution in [1.82, 2.24) is 0 Å². The second-order valence-electron chi connectivity index (χ2n) is 4.04. The van der Waals surface area contributed by atoms with Crippen LogP contribution in [0.2, 0.25) is 0 Å². The summed E-state index contributed by atoms with van der Waals surface area (Å²) < 4.78 is 1.08. The summed E-state index contributed by atoms with van der Waals surface area (Å²) in [6.45, 7) is 3.45. The molecular formula is C10H22N+. The first-order chi connectivity index (χ1) is 5.06. The van der Waals surface area contributed by atoms with Gasteiger partial charge < -0.3 is 4.48 Å². The Bertz CT molecular complexity index is 109. The fraction of sp³-hybridized carbons (Fsp3) is 0.800. The number of hydrogen-bond donors (Lipinski definition) is 0. The van der Waals surface area contributed by atoms with Gasteiger partial charge >= 0.3 is 0 Å². The lowest BCUT2D eigenvalue weighted by atomic mass is 10.2. The van der Waals surface area contributed by atoms with Crippen LogP contribution >= 0.6 is 0 Å². The topological polar surface area (TPSA) is 0 Å². The van der Waals surface area contributed by atoms with Crippen molar-refractivity contribution >= 4 is 0 Å². The van der Waals surface area contributed by atoms with Gasteiger partial charge in [0.1, 0.15) is 0 Å². The van der Waals surface area contributed by atoms with Gasteiger partial charge in [0.15, 0.2) is 0 Å². The summed E-state index contributed by atoms with van der Waals surface area (Å²) in [5.41, 5.74) is 0. The van der Waals surface area contributed by atoms with E-state index in [1.807, 2.05) is 0 Å². The van der Waals surface area contributed by atoms with Crippen molar-refractivity contribution < 1.29 is 4.48 Å². The van der Waals surface area contributed by atoms with Gasteiger partial charge in [0, 0.05) is 0 Å². The number of hydrogen-bond acceptors (Lipinski definition) is 0. The Kier molecular flexibility index (Phi) is 5.22. The molecule has 0 atom stereocenters. The van der Waals surface area contributed by atoms with E-state index in [0.29, 0.717) is 0 Å². The first-order valence-electron chi connectivity index (χ1n) is 4.51. The minimum absolute atomic E-state index is 1.08. The van der Waals surface area contributed by atoms with Crippen molar-refractivity contribution in [3.8, 4) is 0 Å². The summed E-state index contributed by atoms with van der Waals surface area (Å²) in [7, 11) is 6.72. The van der Waals surface area contributed by atoms with Crippen molar-refractivity contribution in [2.24, 2.45) is 0 Å². The van der Waals surface area contributed by atoms with E-state index in [0.717, 1.165) is 4.48 Å². The third-order valence-corrected chi connectivity index (χ3v) is 1.60. The average molecular weight is 156 g/mol. The molecule has 0 heterocycles. The van der Waals surface area contributed by atoms with Crippen molar-refractivity contribution in [2.75, 3.05) is 27.7 Å². The highest BCUT2D eigenvalue weighted by Gasteiger charge is 2.03. The molecule has 0 unspecified atom stereocenters. The first kappa shape index (κ1) is 10.7. The van der Waals surface area contributed by atoms with Gasteiger partial charge in [0.05, 0.1) is 27.7 Å². The molecule has 0 aliphatic rings. The second kappa shape index (κ2) is 5.36.